The molecule has 0 bridgehead atoms. The molecule has 0 radical (unpaired) electrons. The molecule has 1 aromatic carbocycles. The average molecular weight is 278 g/mol. The Labute approximate surface area is 120 Å². The number of hydrogen-bond donors (Lipinski definition) is 1. The summed E-state index contributed by atoms with van der Waals surface area (Å²) < 4.78 is 13.2. The second kappa shape index (κ2) is 5.92. The number of nitrogens with two attached hydrogens (primary N) is 1. The van der Waals surface area contributed by atoms with Crippen LogP contribution in [0.15, 0.2) is 24.3 Å². The zero-order valence-electron chi connectivity index (χ0n) is 12.2. The van der Waals surface area contributed by atoms with Crippen LogP contribution in [-0.4, -0.2) is 30.4 Å². The Morgan fingerprint density at radius 3 is 2.90 bits per heavy atom. The van der Waals surface area contributed by atoms with Gasteiger partial charge >= 0.3 is 0 Å². The number of halogens is 1. The highest BCUT2D eigenvalue weighted by Gasteiger charge is 2.35. The zero-order chi connectivity index (χ0) is 14.8. The van der Waals surface area contributed by atoms with Gasteiger partial charge in [0, 0.05) is 19.5 Å². The number of carbonyl (C=O) groups is 1. The molecule has 1 heterocycles. The van der Waals surface area contributed by atoms with E-state index in [9.17, 15) is 9.18 Å². The lowest BCUT2D eigenvalue weighted by molar-refractivity contribution is -0.130. The SMILES string of the molecule is CC(CC(=O)N1CCC(C)(CN)C1)c1cccc(F)c1. The minimum absolute atomic E-state index is 0.0305. The lowest BCUT2D eigenvalue weighted by atomic mass is 9.90. The van der Waals surface area contributed by atoms with Crippen molar-refractivity contribution in [2.75, 3.05) is 19.6 Å². The van der Waals surface area contributed by atoms with E-state index >= 15 is 0 Å². The van der Waals surface area contributed by atoms with E-state index < -0.39 is 0 Å². The minimum Gasteiger partial charge on any atom is -0.342 e. The second-order valence-electron chi connectivity index (χ2n) is 6.24. The molecule has 1 amide bonds. The maximum absolute atomic E-state index is 13.2. The monoisotopic (exact) mass is 278 g/mol. The largest absolute Gasteiger partial charge is 0.342 e. The van der Waals surface area contributed by atoms with Crippen LogP contribution in [-0.2, 0) is 4.79 Å². The summed E-state index contributed by atoms with van der Waals surface area (Å²) >= 11 is 0. The van der Waals surface area contributed by atoms with Crippen LogP contribution in [0.25, 0.3) is 0 Å². The summed E-state index contributed by atoms with van der Waals surface area (Å²) in [4.78, 5) is 14.2. The first kappa shape index (κ1) is 15.0. The van der Waals surface area contributed by atoms with Crippen LogP contribution in [0, 0.1) is 11.2 Å². The third-order valence-electron chi connectivity index (χ3n) is 4.30. The molecule has 1 aromatic rings. The highest BCUT2D eigenvalue weighted by Crippen LogP contribution is 2.30. The van der Waals surface area contributed by atoms with Crippen molar-refractivity contribution in [2.45, 2.75) is 32.6 Å². The first-order valence-electron chi connectivity index (χ1n) is 7.17. The van der Waals surface area contributed by atoms with Gasteiger partial charge in [0.25, 0.3) is 0 Å². The van der Waals surface area contributed by atoms with Crippen molar-refractivity contribution in [3.63, 3.8) is 0 Å². The van der Waals surface area contributed by atoms with E-state index in [2.05, 4.69) is 6.92 Å². The van der Waals surface area contributed by atoms with Gasteiger partial charge in [-0.3, -0.25) is 4.79 Å². The predicted molar refractivity (Wildman–Crippen MR) is 77.8 cm³/mol. The number of nitrogens with zero attached hydrogens (tertiary/aromatic N) is 1. The Kier molecular flexibility index (Phi) is 4.43. The minimum atomic E-state index is -0.251. The van der Waals surface area contributed by atoms with E-state index in [4.69, 9.17) is 5.73 Å². The fourth-order valence-corrected chi connectivity index (χ4v) is 2.73. The summed E-state index contributed by atoms with van der Waals surface area (Å²) in [6.07, 6.45) is 1.38. The standard InChI is InChI=1S/C16H23FN2O/c1-12(13-4-3-5-14(17)9-13)8-15(20)19-7-6-16(2,10-18)11-19/h3-5,9,12H,6-8,10-11,18H2,1-2H3. The molecule has 1 fully saturated rings. The van der Waals surface area contributed by atoms with Crippen LogP contribution < -0.4 is 5.73 Å². The Hall–Kier alpha value is -1.42. The van der Waals surface area contributed by atoms with Gasteiger partial charge in [-0.15, -0.1) is 0 Å². The smallest absolute Gasteiger partial charge is 0.223 e. The summed E-state index contributed by atoms with van der Waals surface area (Å²) in [5, 5.41) is 0. The number of benzene rings is 1. The fraction of sp³-hybridized carbons (Fsp3) is 0.562. The number of likely N-dealkylation sites (tertiary alicyclic amines) is 1. The van der Waals surface area contributed by atoms with Gasteiger partial charge in [0.15, 0.2) is 0 Å². The Morgan fingerprint density at radius 2 is 2.30 bits per heavy atom. The average Bonchev–Trinajstić information content (AvgIpc) is 2.82. The van der Waals surface area contributed by atoms with Crippen LogP contribution in [0.4, 0.5) is 4.39 Å². The van der Waals surface area contributed by atoms with Gasteiger partial charge in [-0.25, -0.2) is 4.39 Å². The third-order valence-corrected chi connectivity index (χ3v) is 4.30. The molecule has 4 heteroatoms. The fourth-order valence-electron chi connectivity index (χ4n) is 2.73. The van der Waals surface area contributed by atoms with Crippen molar-refractivity contribution < 1.29 is 9.18 Å². The molecular weight excluding hydrogens is 255 g/mol. The molecule has 0 saturated carbocycles. The Bertz CT molecular complexity index is 491. The van der Waals surface area contributed by atoms with Crippen LogP contribution in [0.1, 0.15) is 38.2 Å². The van der Waals surface area contributed by atoms with Gasteiger partial charge in [0.05, 0.1) is 0 Å². The summed E-state index contributed by atoms with van der Waals surface area (Å²) in [5.74, 6) is -0.0828. The van der Waals surface area contributed by atoms with E-state index in [0.29, 0.717) is 13.0 Å². The topological polar surface area (TPSA) is 46.3 Å². The highest BCUT2D eigenvalue weighted by atomic mass is 19.1. The zero-order valence-corrected chi connectivity index (χ0v) is 12.2. The lowest BCUT2D eigenvalue weighted by Crippen LogP contribution is -2.34. The van der Waals surface area contributed by atoms with Crippen molar-refractivity contribution in [3.8, 4) is 0 Å². The van der Waals surface area contributed by atoms with Gasteiger partial charge in [-0.1, -0.05) is 26.0 Å². The molecule has 2 atom stereocenters. The molecule has 0 aliphatic carbocycles. The van der Waals surface area contributed by atoms with Crippen molar-refractivity contribution in [1.82, 2.24) is 4.90 Å². The summed E-state index contributed by atoms with van der Waals surface area (Å²) in [5.41, 5.74) is 6.69. The highest BCUT2D eigenvalue weighted by molar-refractivity contribution is 5.77. The van der Waals surface area contributed by atoms with Crippen LogP contribution in [0.2, 0.25) is 0 Å². The lowest BCUT2D eigenvalue weighted by Gasteiger charge is -2.23. The molecule has 1 saturated heterocycles. The van der Waals surface area contributed by atoms with E-state index in [1.165, 1.54) is 12.1 Å². The van der Waals surface area contributed by atoms with Crippen LogP contribution >= 0.6 is 0 Å². The third kappa shape index (κ3) is 3.37. The maximum atomic E-state index is 13.2. The molecule has 3 nitrogen and oxygen atoms in total. The number of rotatable bonds is 4. The van der Waals surface area contributed by atoms with Gasteiger partial charge in [0.2, 0.25) is 5.91 Å². The second-order valence-corrected chi connectivity index (χ2v) is 6.24. The number of carbonyl (C=O) groups excluding carboxylic acids is 1. The molecule has 1 aliphatic rings. The van der Waals surface area contributed by atoms with Crippen molar-refractivity contribution >= 4 is 5.91 Å². The van der Waals surface area contributed by atoms with Gasteiger partial charge in [-0.2, -0.15) is 0 Å². The van der Waals surface area contributed by atoms with Crippen molar-refractivity contribution in [3.05, 3.63) is 35.6 Å². The molecule has 110 valence electrons. The summed E-state index contributed by atoms with van der Waals surface area (Å²) in [6.45, 7) is 6.21. The van der Waals surface area contributed by atoms with Crippen LogP contribution in [0.5, 0.6) is 0 Å². The quantitative estimate of drug-likeness (QED) is 0.920. The first-order valence-corrected chi connectivity index (χ1v) is 7.17. The van der Waals surface area contributed by atoms with Gasteiger partial charge in [0.1, 0.15) is 5.82 Å². The molecule has 2 unspecified atom stereocenters. The van der Waals surface area contributed by atoms with E-state index in [0.717, 1.165) is 25.1 Å². The van der Waals surface area contributed by atoms with Crippen molar-refractivity contribution in [1.29, 1.82) is 0 Å². The summed E-state index contributed by atoms with van der Waals surface area (Å²) in [7, 11) is 0. The van der Waals surface area contributed by atoms with Gasteiger partial charge in [-0.05, 0) is 42.0 Å². The van der Waals surface area contributed by atoms with Crippen molar-refractivity contribution in [2.24, 2.45) is 11.1 Å². The molecular formula is C16H23FN2O. The molecule has 1 aliphatic heterocycles. The Morgan fingerprint density at radius 1 is 1.55 bits per heavy atom. The van der Waals surface area contributed by atoms with E-state index in [1.54, 1.807) is 6.07 Å². The van der Waals surface area contributed by atoms with Gasteiger partial charge < -0.3 is 10.6 Å². The Balaban J connectivity index is 1.95. The van der Waals surface area contributed by atoms with E-state index in [-0.39, 0.29) is 23.1 Å². The predicted octanol–water partition coefficient (Wildman–Crippen LogP) is 2.52. The molecule has 0 spiro atoms. The molecule has 0 aromatic heterocycles. The molecule has 2 N–H and O–H groups in total. The first-order chi connectivity index (χ1) is 9.43. The number of hydrogen-bond acceptors (Lipinski definition) is 2. The molecule has 2 rings (SSSR count). The molecule has 20 heavy (non-hydrogen) atoms. The normalized spacial score (nSPS) is 23.9. The van der Waals surface area contributed by atoms with Crippen LogP contribution in [0.3, 0.4) is 0 Å². The maximum Gasteiger partial charge on any atom is 0.223 e. The number of amides is 1. The van der Waals surface area contributed by atoms with E-state index in [1.807, 2.05) is 17.9 Å². The summed E-state index contributed by atoms with van der Waals surface area (Å²) in [6, 6.07) is 6.49.